The van der Waals surface area contributed by atoms with Crippen LogP contribution in [-0.2, 0) is 25.4 Å². The summed E-state index contributed by atoms with van der Waals surface area (Å²) in [6.45, 7) is 0.418. The lowest BCUT2D eigenvalue weighted by molar-refractivity contribution is -0.118. The minimum atomic E-state index is -0.435. The Morgan fingerprint density at radius 1 is 1.15 bits per heavy atom. The fraction of sp³-hybridized carbons (Fsp3) is 0.294. The van der Waals surface area contributed by atoms with E-state index in [1.54, 1.807) is 18.7 Å². The Balaban J connectivity index is 2.21. The summed E-state index contributed by atoms with van der Waals surface area (Å²) < 4.78 is 4.18. The molecule has 26 heavy (non-hydrogen) atoms. The normalized spacial score (nSPS) is 11.0. The number of aromatic nitrogens is 4. The van der Waals surface area contributed by atoms with E-state index in [0.29, 0.717) is 22.9 Å². The highest BCUT2D eigenvalue weighted by Crippen LogP contribution is 2.22. The maximum Gasteiger partial charge on any atom is 0.332 e. The molecule has 0 radical (unpaired) electrons. The van der Waals surface area contributed by atoms with Crippen LogP contribution in [-0.4, -0.2) is 37.4 Å². The lowest BCUT2D eigenvalue weighted by Crippen LogP contribution is -2.37. The number of carbonyl (C=O) groups is 1. The zero-order valence-corrected chi connectivity index (χ0v) is 15.5. The van der Waals surface area contributed by atoms with Crippen molar-refractivity contribution in [2.45, 2.75) is 11.7 Å². The molecule has 3 rings (SSSR count). The molecule has 0 aliphatic carbocycles. The van der Waals surface area contributed by atoms with Crippen LogP contribution in [0.15, 0.2) is 45.1 Å². The first kappa shape index (κ1) is 18.0. The lowest BCUT2D eigenvalue weighted by Gasteiger charge is -2.09. The summed E-state index contributed by atoms with van der Waals surface area (Å²) >= 11 is 1.23. The third-order valence-corrected chi connectivity index (χ3v) is 5.08. The first-order valence-electron chi connectivity index (χ1n) is 7.97. The fourth-order valence-corrected chi connectivity index (χ4v) is 3.52. The van der Waals surface area contributed by atoms with Crippen LogP contribution >= 0.6 is 11.8 Å². The highest BCUT2D eigenvalue weighted by Gasteiger charge is 2.20. The summed E-state index contributed by atoms with van der Waals surface area (Å²) in [5.41, 5.74) is 0.809. The van der Waals surface area contributed by atoms with Gasteiger partial charge < -0.3 is 9.88 Å². The zero-order valence-electron chi connectivity index (χ0n) is 14.7. The van der Waals surface area contributed by atoms with Crippen molar-refractivity contribution in [3.63, 3.8) is 0 Å². The summed E-state index contributed by atoms with van der Waals surface area (Å²) in [6, 6.07) is 9.65. The van der Waals surface area contributed by atoms with Crippen molar-refractivity contribution in [3.05, 3.63) is 56.7 Å². The number of aryl methyl sites for hydroxylation is 1. The molecule has 0 unspecified atom stereocenters. The summed E-state index contributed by atoms with van der Waals surface area (Å²) in [6.07, 6.45) is 0. The van der Waals surface area contributed by atoms with Gasteiger partial charge in [-0.25, -0.2) is 9.78 Å². The van der Waals surface area contributed by atoms with E-state index in [-0.39, 0.29) is 11.7 Å². The third-order valence-electron chi connectivity index (χ3n) is 4.11. The molecule has 9 heteroatoms. The van der Waals surface area contributed by atoms with Crippen molar-refractivity contribution in [3.8, 4) is 0 Å². The van der Waals surface area contributed by atoms with Crippen LogP contribution in [0.2, 0.25) is 0 Å². The van der Waals surface area contributed by atoms with Crippen LogP contribution in [0.5, 0.6) is 0 Å². The van der Waals surface area contributed by atoms with Crippen LogP contribution in [0, 0.1) is 0 Å². The lowest BCUT2D eigenvalue weighted by atomic mass is 10.2. The first-order chi connectivity index (χ1) is 12.4. The van der Waals surface area contributed by atoms with Crippen LogP contribution in [0.3, 0.4) is 0 Å². The first-order valence-corrected chi connectivity index (χ1v) is 8.96. The predicted molar refractivity (Wildman–Crippen MR) is 101 cm³/mol. The quantitative estimate of drug-likeness (QED) is 0.651. The molecular formula is C17H19N5O3S. The van der Waals surface area contributed by atoms with Gasteiger partial charge in [0.25, 0.3) is 5.56 Å². The second-order valence-electron chi connectivity index (χ2n) is 5.81. The molecule has 1 aromatic carbocycles. The van der Waals surface area contributed by atoms with Gasteiger partial charge in [-0.2, -0.15) is 0 Å². The highest BCUT2D eigenvalue weighted by atomic mass is 32.2. The number of fused-ring (bicyclic) bond motifs is 1. The minimum absolute atomic E-state index is 0.143. The van der Waals surface area contributed by atoms with Gasteiger partial charge in [0.15, 0.2) is 16.3 Å². The summed E-state index contributed by atoms with van der Waals surface area (Å²) in [4.78, 5) is 41.0. The van der Waals surface area contributed by atoms with Crippen LogP contribution in [0.1, 0.15) is 5.56 Å². The zero-order chi connectivity index (χ0) is 18.8. The van der Waals surface area contributed by atoms with Gasteiger partial charge in [-0.05, 0) is 5.56 Å². The van der Waals surface area contributed by atoms with Crippen LogP contribution in [0.4, 0.5) is 0 Å². The molecule has 0 aliphatic heterocycles. The monoisotopic (exact) mass is 373 g/mol. The maximum atomic E-state index is 12.7. The Bertz CT molecular complexity index is 1080. The van der Waals surface area contributed by atoms with Crippen LogP contribution in [0.25, 0.3) is 11.2 Å². The Hall–Kier alpha value is -2.81. The molecule has 0 atom stereocenters. The predicted octanol–water partition coefficient (Wildman–Crippen LogP) is 0.320. The Labute approximate surface area is 153 Å². The molecular weight excluding hydrogens is 354 g/mol. The van der Waals surface area contributed by atoms with Gasteiger partial charge in [0, 0.05) is 21.1 Å². The van der Waals surface area contributed by atoms with Crippen molar-refractivity contribution >= 4 is 28.8 Å². The number of nitrogens with one attached hydrogen (secondary N) is 1. The molecule has 0 spiro atoms. The molecule has 0 bridgehead atoms. The molecule has 2 heterocycles. The second kappa shape index (κ2) is 7.20. The van der Waals surface area contributed by atoms with Crippen molar-refractivity contribution in [2.24, 2.45) is 14.1 Å². The number of rotatable bonds is 5. The van der Waals surface area contributed by atoms with Crippen molar-refractivity contribution in [1.29, 1.82) is 0 Å². The van der Waals surface area contributed by atoms with E-state index in [0.717, 1.165) is 10.1 Å². The summed E-state index contributed by atoms with van der Waals surface area (Å²) in [5.74, 6) is 0.0261. The van der Waals surface area contributed by atoms with E-state index in [9.17, 15) is 14.4 Å². The molecule has 0 fully saturated rings. The molecule has 0 saturated heterocycles. The number of imidazole rings is 1. The number of hydrogen-bond donors (Lipinski definition) is 1. The highest BCUT2D eigenvalue weighted by molar-refractivity contribution is 7.99. The van der Waals surface area contributed by atoms with Gasteiger partial charge in [-0.3, -0.25) is 18.7 Å². The number of thioether (sulfide) groups is 1. The number of benzene rings is 1. The Morgan fingerprint density at radius 3 is 2.50 bits per heavy atom. The molecule has 0 aliphatic rings. The number of nitrogens with zero attached hydrogens (tertiary/aromatic N) is 4. The summed E-state index contributed by atoms with van der Waals surface area (Å²) in [7, 11) is 4.59. The van der Waals surface area contributed by atoms with E-state index in [2.05, 4.69) is 10.3 Å². The topological polar surface area (TPSA) is 90.9 Å². The number of hydrogen-bond acceptors (Lipinski definition) is 5. The maximum absolute atomic E-state index is 12.7. The molecule has 8 nitrogen and oxygen atoms in total. The van der Waals surface area contributed by atoms with Gasteiger partial charge in [-0.15, -0.1) is 0 Å². The standard InChI is InChI=1S/C17H19N5O3S/c1-18-12(23)10-26-16-19-14-13(15(24)21(3)17(25)20(14)2)22(16)9-11-7-5-4-6-8-11/h4-8H,9-10H2,1-3H3,(H,18,23). The minimum Gasteiger partial charge on any atom is -0.358 e. The SMILES string of the molecule is CNC(=O)CSc1nc2c(c(=O)n(C)c(=O)n2C)n1Cc1ccccc1. The average Bonchev–Trinajstić information content (AvgIpc) is 3.02. The van der Waals surface area contributed by atoms with Gasteiger partial charge in [-0.1, -0.05) is 42.1 Å². The van der Waals surface area contributed by atoms with E-state index in [4.69, 9.17) is 0 Å². The van der Waals surface area contributed by atoms with E-state index in [1.807, 2.05) is 30.3 Å². The molecule has 136 valence electrons. The summed E-state index contributed by atoms with van der Waals surface area (Å²) in [5, 5.41) is 3.08. The Kier molecular flexibility index (Phi) is 4.99. The second-order valence-corrected chi connectivity index (χ2v) is 6.75. The molecule has 1 amide bonds. The molecule has 2 aromatic heterocycles. The fourth-order valence-electron chi connectivity index (χ4n) is 2.65. The molecule has 1 N–H and O–H groups in total. The van der Waals surface area contributed by atoms with Gasteiger partial charge in [0.05, 0.1) is 12.3 Å². The smallest absolute Gasteiger partial charge is 0.332 e. The molecule has 0 saturated carbocycles. The van der Waals surface area contributed by atoms with E-state index < -0.39 is 11.2 Å². The van der Waals surface area contributed by atoms with Crippen molar-refractivity contribution in [1.82, 2.24) is 24.0 Å². The number of amides is 1. The molecule has 3 aromatic rings. The van der Waals surface area contributed by atoms with E-state index >= 15 is 0 Å². The van der Waals surface area contributed by atoms with Gasteiger partial charge in [0.1, 0.15) is 0 Å². The largest absolute Gasteiger partial charge is 0.358 e. The van der Waals surface area contributed by atoms with Gasteiger partial charge >= 0.3 is 5.69 Å². The number of carbonyl (C=O) groups excluding carboxylic acids is 1. The average molecular weight is 373 g/mol. The Morgan fingerprint density at radius 2 is 1.85 bits per heavy atom. The van der Waals surface area contributed by atoms with Gasteiger partial charge in [0.2, 0.25) is 5.91 Å². The van der Waals surface area contributed by atoms with E-state index in [1.165, 1.54) is 23.4 Å². The third kappa shape index (κ3) is 3.17. The van der Waals surface area contributed by atoms with Crippen LogP contribution < -0.4 is 16.6 Å². The van der Waals surface area contributed by atoms with Crippen molar-refractivity contribution in [2.75, 3.05) is 12.8 Å². The van der Waals surface area contributed by atoms with Crippen molar-refractivity contribution < 1.29 is 4.79 Å².